The molecule has 2 aromatic carbocycles. The van der Waals surface area contributed by atoms with Crippen LogP contribution >= 0.6 is 0 Å². The van der Waals surface area contributed by atoms with Crippen molar-refractivity contribution in [1.29, 1.82) is 0 Å². The summed E-state index contributed by atoms with van der Waals surface area (Å²) in [5, 5.41) is 2.73. The third-order valence-electron chi connectivity index (χ3n) is 6.34. The van der Waals surface area contributed by atoms with E-state index in [0.29, 0.717) is 39.5 Å². The number of hydrogen-bond acceptors (Lipinski definition) is 4. The quantitative estimate of drug-likeness (QED) is 0.607. The Morgan fingerprint density at radius 3 is 2.79 bits per heavy atom. The number of amides is 2. The topological polar surface area (TPSA) is 65.8 Å². The first-order valence-corrected chi connectivity index (χ1v) is 10.9. The summed E-state index contributed by atoms with van der Waals surface area (Å²) in [6.07, 6.45) is 2.54. The summed E-state index contributed by atoms with van der Waals surface area (Å²) in [5.74, 6) is 0.191. The van der Waals surface area contributed by atoms with Crippen LogP contribution in [0.15, 0.2) is 59.0 Å². The van der Waals surface area contributed by atoms with Crippen LogP contribution in [0.2, 0.25) is 0 Å². The second-order valence-electron chi connectivity index (χ2n) is 8.57. The Balaban J connectivity index is 1.45. The number of fused-ring (bicyclic) bond motifs is 1. The average Bonchev–Trinajstić information content (AvgIpc) is 3.53. The Morgan fingerprint density at radius 2 is 2.00 bits per heavy atom. The molecule has 6 nitrogen and oxygen atoms in total. The SMILES string of the molecule is CN1CCC(N(C)C(=O)c2ccccc2-c2ccc(C=C3C(=O)Nc4ccc(F)cc43)o2)C1. The average molecular weight is 445 g/mol. The second kappa shape index (κ2) is 8.33. The van der Waals surface area contributed by atoms with E-state index in [9.17, 15) is 14.0 Å². The molecule has 168 valence electrons. The van der Waals surface area contributed by atoms with E-state index in [1.807, 2.05) is 30.1 Å². The number of nitrogens with one attached hydrogen (secondary N) is 1. The van der Waals surface area contributed by atoms with Crippen molar-refractivity contribution in [2.45, 2.75) is 12.5 Å². The van der Waals surface area contributed by atoms with Crippen molar-refractivity contribution in [2.24, 2.45) is 0 Å². The Labute approximate surface area is 191 Å². The number of likely N-dealkylation sites (N-methyl/N-ethyl adjacent to an activating group) is 2. The van der Waals surface area contributed by atoms with Crippen LogP contribution in [0.25, 0.3) is 23.0 Å². The highest BCUT2D eigenvalue weighted by Gasteiger charge is 2.29. The highest BCUT2D eigenvalue weighted by Crippen LogP contribution is 2.35. The maximum atomic E-state index is 13.7. The summed E-state index contributed by atoms with van der Waals surface area (Å²) in [5.41, 5.74) is 2.65. The van der Waals surface area contributed by atoms with Gasteiger partial charge in [-0.3, -0.25) is 9.59 Å². The number of likely N-dealkylation sites (tertiary alicyclic amines) is 1. The van der Waals surface area contributed by atoms with Gasteiger partial charge in [-0.15, -0.1) is 0 Å². The first-order valence-electron chi connectivity index (χ1n) is 10.9. The van der Waals surface area contributed by atoms with Crippen LogP contribution in [0.5, 0.6) is 0 Å². The van der Waals surface area contributed by atoms with Crippen LogP contribution in [0.4, 0.5) is 10.1 Å². The van der Waals surface area contributed by atoms with Crippen LogP contribution in [-0.2, 0) is 4.79 Å². The predicted molar refractivity (Wildman–Crippen MR) is 125 cm³/mol. The molecule has 5 rings (SSSR count). The summed E-state index contributed by atoms with van der Waals surface area (Å²) < 4.78 is 19.7. The van der Waals surface area contributed by atoms with Gasteiger partial charge in [0.15, 0.2) is 0 Å². The van der Waals surface area contributed by atoms with Gasteiger partial charge in [0.05, 0.1) is 11.1 Å². The molecule has 1 aromatic heterocycles. The molecule has 0 saturated carbocycles. The molecule has 2 amide bonds. The zero-order valence-electron chi connectivity index (χ0n) is 18.5. The third kappa shape index (κ3) is 3.96. The van der Waals surface area contributed by atoms with E-state index in [4.69, 9.17) is 4.42 Å². The Kier molecular flexibility index (Phi) is 5.34. The number of nitrogens with zero attached hydrogens (tertiary/aromatic N) is 2. The second-order valence-corrected chi connectivity index (χ2v) is 8.57. The zero-order valence-corrected chi connectivity index (χ0v) is 18.5. The molecule has 1 N–H and O–H groups in total. The standard InChI is InChI=1S/C26H24FN3O3/c1-29-12-11-17(15-29)30(2)26(32)20-6-4-3-5-19(20)24-10-8-18(33-24)14-22-21-13-16(27)7-9-23(21)28-25(22)31/h3-10,13-14,17H,11-12,15H2,1-2H3,(H,28,31). The lowest BCUT2D eigenvalue weighted by atomic mass is 10.0. The molecule has 2 aliphatic heterocycles. The largest absolute Gasteiger partial charge is 0.457 e. The van der Waals surface area contributed by atoms with Crippen LogP contribution < -0.4 is 5.32 Å². The van der Waals surface area contributed by atoms with Gasteiger partial charge >= 0.3 is 0 Å². The summed E-state index contributed by atoms with van der Waals surface area (Å²) >= 11 is 0. The number of hydrogen-bond donors (Lipinski definition) is 1. The van der Waals surface area contributed by atoms with Crippen molar-refractivity contribution >= 4 is 29.2 Å². The van der Waals surface area contributed by atoms with Gasteiger partial charge in [-0.1, -0.05) is 18.2 Å². The smallest absolute Gasteiger partial charge is 0.256 e. The molecule has 2 aliphatic rings. The van der Waals surface area contributed by atoms with Gasteiger partial charge in [0.2, 0.25) is 0 Å². The van der Waals surface area contributed by atoms with Gasteiger partial charge in [0.1, 0.15) is 17.3 Å². The minimum Gasteiger partial charge on any atom is -0.457 e. The lowest BCUT2D eigenvalue weighted by Crippen LogP contribution is -2.38. The predicted octanol–water partition coefficient (Wildman–Crippen LogP) is 4.35. The Morgan fingerprint density at radius 1 is 1.18 bits per heavy atom. The molecule has 0 bridgehead atoms. The molecule has 7 heteroatoms. The molecular formula is C26H24FN3O3. The normalized spacial score (nSPS) is 19.1. The van der Waals surface area contributed by atoms with Crippen molar-refractivity contribution in [1.82, 2.24) is 9.80 Å². The number of anilines is 1. The number of rotatable bonds is 4. The number of benzene rings is 2. The monoisotopic (exact) mass is 445 g/mol. The van der Waals surface area contributed by atoms with Gasteiger partial charge in [-0.05, 0) is 62.5 Å². The maximum Gasteiger partial charge on any atom is 0.256 e. The fourth-order valence-electron chi connectivity index (χ4n) is 4.49. The van der Waals surface area contributed by atoms with Gasteiger partial charge in [-0.2, -0.15) is 0 Å². The molecule has 1 unspecified atom stereocenters. The molecule has 0 radical (unpaired) electrons. The summed E-state index contributed by atoms with van der Waals surface area (Å²) in [7, 11) is 3.90. The van der Waals surface area contributed by atoms with E-state index in [0.717, 1.165) is 19.5 Å². The minimum absolute atomic E-state index is 0.0539. The zero-order chi connectivity index (χ0) is 23.1. The molecule has 1 saturated heterocycles. The summed E-state index contributed by atoms with van der Waals surface area (Å²) in [6, 6.07) is 15.2. The van der Waals surface area contributed by atoms with Crippen LogP contribution in [-0.4, -0.2) is 54.8 Å². The molecule has 0 aliphatic carbocycles. The molecule has 33 heavy (non-hydrogen) atoms. The molecular weight excluding hydrogens is 421 g/mol. The Hall–Kier alpha value is -3.71. The molecule has 1 fully saturated rings. The minimum atomic E-state index is -0.415. The first-order chi connectivity index (χ1) is 15.9. The first kappa shape index (κ1) is 21.2. The summed E-state index contributed by atoms with van der Waals surface area (Å²) in [4.78, 5) is 29.7. The van der Waals surface area contributed by atoms with Gasteiger partial charge in [-0.25, -0.2) is 4.39 Å². The lowest BCUT2D eigenvalue weighted by Gasteiger charge is -2.25. The third-order valence-corrected chi connectivity index (χ3v) is 6.34. The molecule has 3 aromatic rings. The molecule has 0 spiro atoms. The number of halogens is 1. The Bertz CT molecular complexity index is 1280. The van der Waals surface area contributed by atoms with E-state index in [1.165, 1.54) is 18.2 Å². The highest BCUT2D eigenvalue weighted by atomic mass is 19.1. The summed E-state index contributed by atoms with van der Waals surface area (Å²) in [6.45, 7) is 1.83. The lowest BCUT2D eigenvalue weighted by molar-refractivity contribution is -0.110. The van der Waals surface area contributed by atoms with Crippen LogP contribution in [0.3, 0.4) is 0 Å². The molecule has 1 atom stereocenters. The van der Waals surface area contributed by atoms with Crippen molar-refractivity contribution in [3.05, 3.63) is 77.3 Å². The van der Waals surface area contributed by atoms with Gasteiger partial charge in [0, 0.05) is 36.4 Å². The van der Waals surface area contributed by atoms with Crippen molar-refractivity contribution in [3.63, 3.8) is 0 Å². The highest BCUT2D eigenvalue weighted by molar-refractivity contribution is 6.34. The van der Waals surface area contributed by atoms with Crippen molar-refractivity contribution in [3.8, 4) is 11.3 Å². The fraction of sp³-hybridized carbons (Fsp3) is 0.231. The van der Waals surface area contributed by atoms with Gasteiger partial charge < -0.3 is 19.5 Å². The van der Waals surface area contributed by atoms with E-state index >= 15 is 0 Å². The molecule has 3 heterocycles. The van der Waals surface area contributed by atoms with E-state index in [2.05, 4.69) is 17.3 Å². The van der Waals surface area contributed by atoms with Crippen LogP contribution in [0.1, 0.15) is 28.1 Å². The van der Waals surface area contributed by atoms with E-state index in [1.54, 1.807) is 24.3 Å². The fourth-order valence-corrected chi connectivity index (χ4v) is 4.49. The van der Waals surface area contributed by atoms with E-state index < -0.39 is 5.82 Å². The van der Waals surface area contributed by atoms with E-state index in [-0.39, 0.29) is 17.9 Å². The number of furan rings is 1. The van der Waals surface area contributed by atoms with Gasteiger partial charge in [0.25, 0.3) is 11.8 Å². The van der Waals surface area contributed by atoms with Crippen molar-refractivity contribution < 1.29 is 18.4 Å². The number of carbonyl (C=O) groups is 2. The van der Waals surface area contributed by atoms with Crippen LogP contribution in [0, 0.1) is 5.82 Å². The number of carbonyl (C=O) groups excluding carboxylic acids is 2. The van der Waals surface area contributed by atoms with Crippen molar-refractivity contribution in [2.75, 3.05) is 32.5 Å². The maximum absolute atomic E-state index is 13.7.